The number of Topliss-reactive ketones (excluding diaryl/α,β-unsaturated/α-hetero) is 1. The molecule has 0 amide bonds. The van der Waals surface area contributed by atoms with Crippen molar-refractivity contribution < 1.29 is 23.7 Å². The smallest absolute Gasteiger partial charge is 0.164 e. The van der Waals surface area contributed by atoms with Crippen molar-refractivity contribution in [3.63, 3.8) is 0 Å². The summed E-state index contributed by atoms with van der Waals surface area (Å²) in [4.78, 5) is 16.7. The molecular formula is C36H39N3O5. The fourth-order valence-electron chi connectivity index (χ4n) is 4.78. The molecule has 0 unspecified atom stereocenters. The van der Waals surface area contributed by atoms with E-state index in [9.17, 15) is 10.3 Å². The highest BCUT2D eigenvalue weighted by Crippen LogP contribution is 2.24. The van der Waals surface area contributed by atoms with Crippen molar-refractivity contribution in [1.29, 1.82) is 0 Å². The molecule has 228 valence electrons. The second kappa shape index (κ2) is 18.4. The Labute approximate surface area is 259 Å². The Morgan fingerprint density at radius 3 is 1.48 bits per heavy atom. The molecule has 0 heterocycles. The molecule has 0 fully saturated rings. The zero-order chi connectivity index (χ0) is 30.8. The molecule has 44 heavy (non-hydrogen) atoms. The number of azide groups is 1. The highest BCUT2D eigenvalue weighted by Gasteiger charge is 2.40. The predicted molar refractivity (Wildman–Crippen MR) is 169 cm³/mol. The Kier molecular flexibility index (Phi) is 13.6. The molecular weight excluding hydrogens is 554 g/mol. The lowest BCUT2D eigenvalue weighted by molar-refractivity contribution is -0.172. The van der Waals surface area contributed by atoms with Crippen LogP contribution in [-0.2, 0) is 50.2 Å². The van der Waals surface area contributed by atoms with Crippen LogP contribution in [0.15, 0.2) is 126 Å². The third-order valence-electron chi connectivity index (χ3n) is 7.11. The second-order valence-corrected chi connectivity index (χ2v) is 10.3. The first-order valence-corrected chi connectivity index (χ1v) is 14.8. The van der Waals surface area contributed by atoms with Crippen molar-refractivity contribution >= 4 is 5.78 Å². The normalized spacial score (nSPS) is 13.8. The quantitative estimate of drug-likeness (QED) is 0.0632. The van der Waals surface area contributed by atoms with Crippen molar-refractivity contribution in [3.05, 3.63) is 154 Å². The molecule has 0 radical (unpaired) electrons. The molecule has 8 nitrogen and oxygen atoms in total. The third-order valence-corrected chi connectivity index (χ3v) is 7.11. The van der Waals surface area contributed by atoms with Gasteiger partial charge in [0.25, 0.3) is 0 Å². The van der Waals surface area contributed by atoms with E-state index in [0.29, 0.717) is 6.61 Å². The first-order valence-electron chi connectivity index (χ1n) is 14.8. The summed E-state index contributed by atoms with van der Waals surface area (Å²) in [5.41, 5.74) is 13.4. The summed E-state index contributed by atoms with van der Waals surface area (Å²) in [6.45, 7) is 2.77. The van der Waals surface area contributed by atoms with Gasteiger partial charge in [0, 0.05) is 11.3 Å². The Hall–Kier alpha value is -4.30. The SMILES string of the molecule is CCC(=O)[C@H](OCc1ccccc1)[C@@H](OCc1ccccc1)[C@H](OCc1ccccc1)[C@H](COCc1ccccc1)N=[N+]=[N-]. The van der Waals surface area contributed by atoms with Crippen LogP contribution >= 0.6 is 0 Å². The Morgan fingerprint density at radius 2 is 1.05 bits per heavy atom. The number of rotatable bonds is 19. The number of benzene rings is 4. The molecule has 0 aliphatic carbocycles. The van der Waals surface area contributed by atoms with E-state index >= 15 is 0 Å². The molecule has 0 spiro atoms. The van der Waals surface area contributed by atoms with Gasteiger partial charge in [-0.25, -0.2) is 0 Å². The Bertz CT molecular complexity index is 1420. The van der Waals surface area contributed by atoms with Gasteiger partial charge in [-0.05, 0) is 27.8 Å². The average Bonchev–Trinajstić information content (AvgIpc) is 3.08. The van der Waals surface area contributed by atoms with E-state index < -0.39 is 24.4 Å². The van der Waals surface area contributed by atoms with Gasteiger partial charge in [-0.2, -0.15) is 0 Å². The zero-order valence-corrected chi connectivity index (χ0v) is 25.0. The fourth-order valence-corrected chi connectivity index (χ4v) is 4.78. The highest BCUT2D eigenvalue weighted by atomic mass is 16.6. The fraction of sp³-hybridized carbons (Fsp3) is 0.306. The molecule has 4 atom stereocenters. The average molecular weight is 594 g/mol. The van der Waals surface area contributed by atoms with Crippen LogP contribution in [0.2, 0.25) is 0 Å². The van der Waals surface area contributed by atoms with E-state index in [0.717, 1.165) is 22.3 Å². The second-order valence-electron chi connectivity index (χ2n) is 10.3. The van der Waals surface area contributed by atoms with E-state index in [-0.39, 0.29) is 38.6 Å². The number of ketones is 1. The highest BCUT2D eigenvalue weighted by molar-refractivity contribution is 5.83. The van der Waals surface area contributed by atoms with Crippen molar-refractivity contribution in [2.45, 2.75) is 64.1 Å². The maximum absolute atomic E-state index is 13.5. The molecule has 0 aliphatic rings. The molecule has 8 heteroatoms. The maximum atomic E-state index is 13.5. The summed E-state index contributed by atoms with van der Waals surface area (Å²) in [7, 11) is 0. The summed E-state index contributed by atoms with van der Waals surface area (Å²) < 4.78 is 25.4. The van der Waals surface area contributed by atoms with Crippen LogP contribution in [0.25, 0.3) is 10.4 Å². The van der Waals surface area contributed by atoms with E-state index in [1.54, 1.807) is 6.92 Å². The van der Waals surface area contributed by atoms with Crippen LogP contribution in [0.3, 0.4) is 0 Å². The zero-order valence-electron chi connectivity index (χ0n) is 25.0. The molecule has 4 aromatic carbocycles. The van der Waals surface area contributed by atoms with Gasteiger partial charge in [-0.3, -0.25) is 4.79 Å². The monoisotopic (exact) mass is 593 g/mol. The van der Waals surface area contributed by atoms with E-state index in [1.807, 2.05) is 121 Å². The van der Waals surface area contributed by atoms with Gasteiger partial charge in [0.15, 0.2) is 5.78 Å². The topological polar surface area (TPSA) is 103 Å². The van der Waals surface area contributed by atoms with E-state index in [4.69, 9.17) is 18.9 Å². The van der Waals surface area contributed by atoms with E-state index in [2.05, 4.69) is 10.0 Å². The van der Waals surface area contributed by atoms with Gasteiger partial charge in [-0.1, -0.05) is 133 Å². The first-order chi connectivity index (χ1) is 21.7. The third kappa shape index (κ3) is 10.5. The van der Waals surface area contributed by atoms with Crippen molar-refractivity contribution in [2.24, 2.45) is 5.11 Å². The van der Waals surface area contributed by atoms with Crippen LogP contribution in [0.4, 0.5) is 0 Å². The number of ether oxygens (including phenoxy) is 4. The van der Waals surface area contributed by atoms with Gasteiger partial charge < -0.3 is 18.9 Å². The molecule has 0 aliphatic heterocycles. The van der Waals surface area contributed by atoms with Crippen LogP contribution in [0.5, 0.6) is 0 Å². The number of hydrogen-bond donors (Lipinski definition) is 0. The minimum Gasteiger partial charge on any atom is -0.376 e. The Balaban J connectivity index is 1.67. The predicted octanol–water partition coefficient (Wildman–Crippen LogP) is 7.62. The number of carbonyl (C=O) groups excluding carboxylic acids is 1. The standard InChI is InChI=1S/C36H39N3O5/c1-2-33(40)35(43-25-30-19-11-5-12-20-30)36(44-26-31-21-13-6-14-22-31)34(42-24-29-17-9-4-10-18-29)32(38-39-37)27-41-23-28-15-7-3-8-16-28/h3-22,32,34-36H,2,23-27H2,1H3/t32-,34+,35-,36-/m0/s1. The van der Waals surface area contributed by atoms with Gasteiger partial charge in [-0.15, -0.1) is 0 Å². The lowest BCUT2D eigenvalue weighted by Gasteiger charge is -2.35. The summed E-state index contributed by atoms with van der Waals surface area (Å²) in [5.74, 6) is -0.141. The number of nitrogens with zero attached hydrogens (tertiary/aromatic N) is 3. The van der Waals surface area contributed by atoms with Crippen molar-refractivity contribution in [1.82, 2.24) is 0 Å². The molecule has 0 N–H and O–H groups in total. The van der Waals surface area contributed by atoms with Gasteiger partial charge in [0.05, 0.1) is 45.2 Å². The molecule has 0 saturated heterocycles. The number of hydrogen-bond acceptors (Lipinski definition) is 6. The summed E-state index contributed by atoms with van der Waals surface area (Å²) >= 11 is 0. The molecule has 0 saturated carbocycles. The minimum absolute atomic E-state index is 0.0509. The maximum Gasteiger partial charge on any atom is 0.164 e. The van der Waals surface area contributed by atoms with Crippen LogP contribution in [0.1, 0.15) is 35.6 Å². The van der Waals surface area contributed by atoms with E-state index in [1.165, 1.54) is 0 Å². The minimum atomic E-state index is -0.991. The molecule has 4 rings (SSSR count). The van der Waals surface area contributed by atoms with Gasteiger partial charge >= 0.3 is 0 Å². The molecule has 0 bridgehead atoms. The van der Waals surface area contributed by atoms with Crippen molar-refractivity contribution in [3.8, 4) is 0 Å². The summed E-state index contributed by atoms with van der Waals surface area (Å²) in [6, 6.07) is 38.0. The lowest BCUT2D eigenvalue weighted by Crippen LogP contribution is -2.52. The Morgan fingerprint density at radius 1 is 0.636 bits per heavy atom. The molecule has 4 aromatic rings. The van der Waals surface area contributed by atoms with Gasteiger partial charge in [0.1, 0.15) is 12.2 Å². The number of carbonyl (C=O) groups is 1. The first kappa shape index (κ1) is 32.6. The van der Waals surface area contributed by atoms with Crippen LogP contribution in [-0.4, -0.2) is 36.7 Å². The lowest BCUT2D eigenvalue weighted by atomic mass is 9.96. The summed E-state index contributed by atoms with van der Waals surface area (Å²) in [6.07, 6.45) is -2.55. The summed E-state index contributed by atoms with van der Waals surface area (Å²) in [5, 5.41) is 4.11. The van der Waals surface area contributed by atoms with Crippen LogP contribution in [0, 0.1) is 0 Å². The van der Waals surface area contributed by atoms with Gasteiger partial charge in [0.2, 0.25) is 0 Å². The van der Waals surface area contributed by atoms with Crippen LogP contribution < -0.4 is 0 Å². The largest absolute Gasteiger partial charge is 0.376 e. The van der Waals surface area contributed by atoms with Crippen molar-refractivity contribution in [2.75, 3.05) is 6.61 Å². The molecule has 0 aromatic heterocycles.